The number of nitrogens with two attached hydrogens (primary N) is 1. The molecule has 1 aromatic heterocycles. The number of aromatic nitrogens is 1. The van der Waals surface area contributed by atoms with Crippen LogP contribution in [-0.2, 0) is 6.42 Å². The van der Waals surface area contributed by atoms with Crippen LogP contribution in [0.15, 0.2) is 5.38 Å². The normalized spacial score (nSPS) is 13.5. The van der Waals surface area contributed by atoms with Gasteiger partial charge in [0, 0.05) is 11.4 Å². The van der Waals surface area contributed by atoms with Crippen LogP contribution in [-0.4, -0.2) is 4.98 Å². The first-order chi connectivity index (χ1) is 4.74. The smallest absolute Gasteiger partial charge is 0.0926 e. The summed E-state index contributed by atoms with van der Waals surface area (Å²) in [6, 6.07) is 0.0801. The van der Waals surface area contributed by atoms with Crippen LogP contribution in [0.5, 0.6) is 0 Å². The van der Waals surface area contributed by atoms with E-state index in [4.69, 9.17) is 5.73 Å². The van der Waals surface area contributed by atoms with Crippen LogP contribution < -0.4 is 5.73 Å². The van der Waals surface area contributed by atoms with Crippen molar-refractivity contribution in [1.29, 1.82) is 0 Å². The number of aryl methyl sites for hydroxylation is 1. The van der Waals surface area contributed by atoms with Crippen molar-refractivity contribution >= 4 is 11.3 Å². The molecular weight excluding hydrogens is 144 g/mol. The van der Waals surface area contributed by atoms with Gasteiger partial charge >= 0.3 is 0 Å². The van der Waals surface area contributed by atoms with E-state index in [1.807, 2.05) is 12.3 Å². The highest BCUT2D eigenvalue weighted by Crippen LogP contribution is 2.14. The van der Waals surface area contributed by atoms with E-state index in [2.05, 4.69) is 11.9 Å². The van der Waals surface area contributed by atoms with Crippen LogP contribution >= 0.6 is 11.3 Å². The second-order valence-corrected chi connectivity index (χ2v) is 3.25. The molecule has 1 atom stereocenters. The molecule has 2 nitrogen and oxygen atoms in total. The molecule has 0 aliphatic carbocycles. The van der Waals surface area contributed by atoms with E-state index in [1.54, 1.807) is 11.3 Å². The van der Waals surface area contributed by atoms with Crippen LogP contribution in [0.2, 0.25) is 0 Å². The van der Waals surface area contributed by atoms with Crippen LogP contribution in [0.4, 0.5) is 0 Å². The monoisotopic (exact) mass is 156 g/mol. The lowest BCUT2D eigenvalue weighted by molar-refractivity contribution is 0.782. The summed E-state index contributed by atoms with van der Waals surface area (Å²) in [7, 11) is 0. The molecule has 0 saturated heterocycles. The highest BCUT2D eigenvalue weighted by Gasteiger charge is 2.02. The molecule has 0 saturated carbocycles. The first kappa shape index (κ1) is 7.69. The molecule has 0 radical (unpaired) electrons. The molecule has 2 N–H and O–H groups in total. The number of nitrogens with zero attached hydrogens (tertiary/aromatic N) is 1. The van der Waals surface area contributed by atoms with Crippen molar-refractivity contribution in [2.24, 2.45) is 5.73 Å². The maximum absolute atomic E-state index is 5.63. The summed E-state index contributed by atoms with van der Waals surface area (Å²) in [5.41, 5.74) is 6.64. The van der Waals surface area contributed by atoms with Crippen molar-refractivity contribution in [3.05, 3.63) is 16.1 Å². The summed E-state index contributed by atoms with van der Waals surface area (Å²) in [5.74, 6) is 0. The summed E-state index contributed by atoms with van der Waals surface area (Å²) in [6.45, 7) is 4.05. The predicted octanol–water partition coefficient (Wildman–Crippen LogP) is 1.73. The summed E-state index contributed by atoms with van der Waals surface area (Å²) >= 11 is 1.69. The molecule has 0 aromatic carbocycles. The van der Waals surface area contributed by atoms with Crippen molar-refractivity contribution in [1.82, 2.24) is 4.98 Å². The fourth-order valence-corrected chi connectivity index (χ4v) is 1.55. The van der Waals surface area contributed by atoms with Gasteiger partial charge in [0.25, 0.3) is 0 Å². The molecule has 0 bridgehead atoms. The van der Waals surface area contributed by atoms with Gasteiger partial charge in [-0.05, 0) is 13.3 Å². The van der Waals surface area contributed by atoms with Gasteiger partial charge in [-0.15, -0.1) is 11.3 Å². The maximum atomic E-state index is 5.63. The molecule has 10 heavy (non-hydrogen) atoms. The largest absolute Gasteiger partial charge is 0.323 e. The van der Waals surface area contributed by atoms with Crippen molar-refractivity contribution in [3.63, 3.8) is 0 Å². The minimum absolute atomic E-state index is 0.0801. The Morgan fingerprint density at radius 1 is 1.80 bits per heavy atom. The van der Waals surface area contributed by atoms with Crippen molar-refractivity contribution in [3.8, 4) is 0 Å². The fraction of sp³-hybridized carbons (Fsp3) is 0.571. The van der Waals surface area contributed by atoms with Gasteiger partial charge < -0.3 is 5.73 Å². The van der Waals surface area contributed by atoms with Gasteiger partial charge in [0.05, 0.1) is 10.7 Å². The Labute approximate surface area is 65.1 Å². The Kier molecular flexibility index (Phi) is 2.40. The highest BCUT2D eigenvalue weighted by atomic mass is 32.1. The lowest BCUT2D eigenvalue weighted by Crippen LogP contribution is -2.04. The van der Waals surface area contributed by atoms with E-state index in [-0.39, 0.29) is 6.04 Å². The topological polar surface area (TPSA) is 38.9 Å². The zero-order chi connectivity index (χ0) is 7.56. The molecule has 0 unspecified atom stereocenters. The van der Waals surface area contributed by atoms with Gasteiger partial charge in [0.1, 0.15) is 0 Å². The van der Waals surface area contributed by atoms with Gasteiger partial charge in [-0.2, -0.15) is 0 Å². The number of thiazole rings is 1. The van der Waals surface area contributed by atoms with E-state index < -0.39 is 0 Å². The zero-order valence-corrected chi connectivity index (χ0v) is 7.11. The Morgan fingerprint density at radius 3 is 2.80 bits per heavy atom. The van der Waals surface area contributed by atoms with Crippen LogP contribution in [0, 0.1) is 0 Å². The Hall–Kier alpha value is -0.410. The molecule has 0 aliphatic rings. The van der Waals surface area contributed by atoms with Crippen molar-refractivity contribution in [2.45, 2.75) is 26.3 Å². The summed E-state index contributed by atoms with van der Waals surface area (Å²) < 4.78 is 0. The lowest BCUT2D eigenvalue weighted by Gasteiger charge is -1.96. The molecule has 3 heteroatoms. The summed E-state index contributed by atoms with van der Waals surface area (Å²) in [4.78, 5) is 4.32. The van der Waals surface area contributed by atoms with E-state index in [1.165, 1.54) is 5.01 Å². The molecule has 56 valence electrons. The zero-order valence-electron chi connectivity index (χ0n) is 6.29. The van der Waals surface area contributed by atoms with E-state index >= 15 is 0 Å². The average molecular weight is 156 g/mol. The molecular formula is C7H12N2S. The van der Waals surface area contributed by atoms with Crippen LogP contribution in [0.1, 0.15) is 30.6 Å². The van der Waals surface area contributed by atoms with E-state index in [9.17, 15) is 0 Å². The van der Waals surface area contributed by atoms with Gasteiger partial charge in [0.2, 0.25) is 0 Å². The van der Waals surface area contributed by atoms with Gasteiger partial charge in [-0.25, -0.2) is 4.98 Å². The third-order valence-corrected chi connectivity index (χ3v) is 2.35. The van der Waals surface area contributed by atoms with Crippen molar-refractivity contribution < 1.29 is 0 Å². The standard InChI is InChI=1S/C7H12N2S/c1-3-7-9-6(4-10-7)5(2)8/h4-5H,3,8H2,1-2H3/t5-/m0/s1. The minimum atomic E-state index is 0.0801. The van der Waals surface area contributed by atoms with Gasteiger partial charge in [0.15, 0.2) is 0 Å². The molecule has 0 spiro atoms. The molecule has 0 fully saturated rings. The third-order valence-electron chi connectivity index (χ3n) is 1.34. The highest BCUT2D eigenvalue weighted by molar-refractivity contribution is 7.09. The van der Waals surface area contributed by atoms with Gasteiger partial charge in [-0.1, -0.05) is 6.92 Å². The molecule has 0 amide bonds. The maximum Gasteiger partial charge on any atom is 0.0926 e. The second kappa shape index (κ2) is 3.12. The molecule has 0 aliphatic heterocycles. The van der Waals surface area contributed by atoms with Gasteiger partial charge in [-0.3, -0.25) is 0 Å². The predicted molar refractivity (Wildman–Crippen MR) is 44.1 cm³/mol. The van der Waals surface area contributed by atoms with Crippen LogP contribution in [0.3, 0.4) is 0 Å². The van der Waals surface area contributed by atoms with Crippen molar-refractivity contribution in [2.75, 3.05) is 0 Å². The molecule has 1 rings (SSSR count). The number of rotatable bonds is 2. The first-order valence-electron chi connectivity index (χ1n) is 3.44. The third kappa shape index (κ3) is 1.55. The molecule has 1 aromatic rings. The Bertz CT molecular complexity index is 205. The van der Waals surface area contributed by atoms with E-state index in [0.717, 1.165) is 12.1 Å². The Morgan fingerprint density at radius 2 is 2.50 bits per heavy atom. The number of hydrogen-bond acceptors (Lipinski definition) is 3. The first-order valence-corrected chi connectivity index (χ1v) is 4.32. The SMILES string of the molecule is CCc1nc([C@H](C)N)cs1. The second-order valence-electron chi connectivity index (χ2n) is 2.31. The lowest BCUT2D eigenvalue weighted by atomic mass is 10.3. The Balaban J connectivity index is 2.78. The summed E-state index contributed by atoms with van der Waals surface area (Å²) in [5, 5.41) is 3.20. The summed E-state index contributed by atoms with van der Waals surface area (Å²) in [6.07, 6.45) is 1.01. The minimum Gasteiger partial charge on any atom is -0.323 e. The van der Waals surface area contributed by atoms with Crippen LogP contribution in [0.25, 0.3) is 0 Å². The number of hydrogen-bond donors (Lipinski definition) is 1. The fourth-order valence-electron chi connectivity index (χ4n) is 0.697. The quantitative estimate of drug-likeness (QED) is 0.708. The van der Waals surface area contributed by atoms with E-state index in [0.29, 0.717) is 0 Å². The average Bonchev–Trinajstić information content (AvgIpc) is 2.34. The molecule has 1 heterocycles.